The Balaban J connectivity index is 0.000000354. The van der Waals surface area contributed by atoms with Gasteiger partial charge < -0.3 is 33.5 Å². The molecule has 2 aliphatic heterocycles. The summed E-state index contributed by atoms with van der Waals surface area (Å²) < 4.78 is 60.0. The highest BCUT2D eigenvalue weighted by molar-refractivity contribution is 7.95. The summed E-state index contributed by atoms with van der Waals surface area (Å²) in [6.45, 7) is 27.7. The Morgan fingerprint density at radius 1 is 0.448 bits per heavy atom. The van der Waals surface area contributed by atoms with E-state index in [2.05, 4.69) is 212 Å². The molecule has 0 radical (unpaired) electrons. The Labute approximate surface area is 541 Å². The molecule has 0 aromatic heterocycles. The molecule has 0 spiro atoms. The lowest BCUT2D eigenvalue weighted by Gasteiger charge is -2.38. The Bertz CT molecular complexity index is 3030. The van der Waals surface area contributed by atoms with E-state index in [4.69, 9.17) is 9.47 Å². The van der Waals surface area contributed by atoms with Crippen molar-refractivity contribution in [1.29, 1.82) is 0 Å². The molecule has 87 heavy (non-hydrogen) atoms. The Morgan fingerprint density at radius 3 is 1.10 bits per heavy atom. The Kier molecular flexibility index (Phi) is 31.3. The number of Topliss-reactive ketones (excluding diaryl/α,β-unsaturated/α-hetero) is 1. The van der Waals surface area contributed by atoms with Gasteiger partial charge in [-0.05, 0) is 297 Å². The summed E-state index contributed by atoms with van der Waals surface area (Å²) in [5.74, 6) is 1.30. The van der Waals surface area contributed by atoms with E-state index >= 15 is 0 Å². The third kappa shape index (κ3) is 21.3. The fraction of sp³-hybridized carbons (Fsp3) is 0.474. The monoisotopic (exact) mass is 1320 g/mol. The topological polar surface area (TPSA) is 35.5 Å². The number of carbonyl (C=O) groups excluding carboxylic acids is 1. The van der Waals surface area contributed by atoms with Crippen molar-refractivity contribution in [3.05, 3.63) is 205 Å². The van der Waals surface area contributed by atoms with Crippen LogP contribution in [0.15, 0.2) is 149 Å². The van der Waals surface area contributed by atoms with E-state index in [1.54, 1.807) is 6.08 Å². The van der Waals surface area contributed by atoms with Gasteiger partial charge >= 0.3 is 0 Å². The summed E-state index contributed by atoms with van der Waals surface area (Å²) in [7, 11) is -1.76. The van der Waals surface area contributed by atoms with Crippen LogP contribution in [0.2, 0.25) is 0 Å². The maximum absolute atomic E-state index is 12.5. The van der Waals surface area contributed by atoms with Crippen molar-refractivity contribution in [3.8, 4) is 11.5 Å². The highest BCUT2D eigenvalue weighted by Gasteiger charge is 2.44. The zero-order chi connectivity index (χ0) is 63.0. The van der Waals surface area contributed by atoms with Crippen LogP contribution in [0.5, 0.6) is 11.5 Å². The highest BCUT2D eigenvalue weighted by Crippen LogP contribution is 2.56. The minimum Gasteiger partial charge on any atom is -1.00 e. The van der Waals surface area contributed by atoms with Crippen molar-refractivity contribution in [3.63, 3.8) is 0 Å². The summed E-state index contributed by atoms with van der Waals surface area (Å²) in [4.78, 5) is 9.43. The van der Waals surface area contributed by atoms with Gasteiger partial charge in [0.2, 0.25) is 0 Å². The predicted octanol–water partition coefficient (Wildman–Crippen LogP) is 17.8. The Hall–Kier alpha value is -5.05. The molecule has 0 aliphatic carbocycles. The second-order valence-corrected chi connectivity index (χ2v) is 28.8. The maximum Gasteiger partial charge on any atom is 0.194 e. The quantitative estimate of drug-likeness (QED) is 0.0240. The molecule has 0 fully saturated rings. The van der Waals surface area contributed by atoms with E-state index in [0.717, 1.165) is 101 Å². The first-order valence-electron chi connectivity index (χ1n) is 31.7. The van der Waals surface area contributed by atoms with Gasteiger partial charge in [-0.25, -0.2) is 17.6 Å². The van der Waals surface area contributed by atoms with Crippen LogP contribution >= 0.6 is 7.26 Å². The van der Waals surface area contributed by atoms with Crippen molar-refractivity contribution in [1.82, 2.24) is 0 Å². The molecule has 2 aliphatic rings. The van der Waals surface area contributed by atoms with Crippen molar-refractivity contribution < 1.29 is 55.8 Å². The lowest BCUT2D eigenvalue weighted by atomic mass is 9.83. The number of carbonyl (C=O) groups is 1. The van der Waals surface area contributed by atoms with Crippen molar-refractivity contribution >= 4 is 29.0 Å². The molecule has 5 aromatic rings. The molecule has 5 aromatic carbocycles. The zero-order valence-electron chi connectivity index (χ0n) is 55.5. The van der Waals surface area contributed by atoms with Gasteiger partial charge in [0.05, 0.1) is 6.16 Å². The fourth-order valence-electron chi connectivity index (χ4n) is 12.2. The van der Waals surface area contributed by atoms with E-state index in [-0.39, 0.29) is 40.8 Å². The van der Waals surface area contributed by atoms with Gasteiger partial charge in [0.1, 0.15) is 59.2 Å². The fourth-order valence-corrected chi connectivity index (χ4v) is 16.6. The molecule has 0 N–H and O–H groups in total. The molecule has 3 nitrogen and oxygen atoms in total. The molecular weight excluding hydrogens is 1220 g/mol. The van der Waals surface area contributed by atoms with Gasteiger partial charge in [0.15, 0.2) is 19.1 Å². The van der Waals surface area contributed by atoms with Crippen molar-refractivity contribution in [2.75, 3.05) is 32.9 Å². The smallest absolute Gasteiger partial charge is 0.194 e. The van der Waals surface area contributed by atoms with Gasteiger partial charge in [-0.2, -0.15) is 0 Å². The maximum atomic E-state index is 12.5. The number of hydrogen-bond donors (Lipinski definition) is 0. The lowest BCUT2D eigenvalue weighted by Crippen LogP contribution is -3.00. The molecule has 7 rings (SSSR count). The zero-order valence-corrected chi connectivity index (χ0v) is 58.5. The number of ketones is 1. The number of benzene rings is 5. The molecule has 2 atom stereocenters. The van der Waals surface area contributed by atoms with Crippen LogP contribution in [-0.4, -0.2) is 49.8 Å². The molecule has 0 saturated carbocycles. The Morgan fingerprint density at radius 2 is 0.770 bits per heavy atom. The van der Waals surface area contributed by atoms with E-state index < -0.39 is 39.7 Å². The summed E-state index contributed by atoms with van der Waals surface area (Å²) in [6, 6.07) is 33.8. The average molecular weight is 1320 g/mol. The first-order chi connectivity index (χ1) is 41.1. The van der Waals surface area contributed by atoms with Crippen molar-refractivity contribution in [2.45, 2.75) is 211 Å². The highest BCUT2D eigenvalue weighted by atomic mass is 127. The SMILES string of the molecule is C/C(=C\CC/C(C)=C/CC[C@]1(C)CCc2c(C)c(C)c(C)c(C)c2O1)CCC=C(CF)CF.C/C(=C\CC[C@]1(C)CCc2c(C)c(C)c(C)c(C)c2O1)CC/C=C(\C)CCC[P+](c1ccccc1)(c1ccccc1)c1ccccc1.O=C(CF)CF.[I-]. The molecule has 0 saturated heterocycles. The van der Waals surface area contributed by atoms with Gasteiger partial charge in [-0.1, -0.05) is 107 Å². The molecule has 9 heteroatoms. The lowest BCUT2D eigenvalue weighted by molar-refractivity contribution is -0.120. The van der Waals surface area contributed by atoms with Crippen LogP contribution in [0.3, 0.4) is 0 Å². The van der Waals surface area contributed by atoms with Gasteiger partial charge in [0, 0.05) is 0 Å². The van der Waals surface area contributed by atoms with Crippen LogP contribution in [-0.2, 0) is 17.6 Å². The molecule has 0 amide bonds. The van der Waals surface area contributed by atoms with E-state index in [0.29, 0.717) is 6.42 Å². The molecular formula is C78H104F4IO3P. The summed E-state index contributed by atoms with van der Waals surface area (Å²) in [5, 5.41) is 4.44. The standard InChI is InChI=1S/C45H56OP.C30H44F2O.C3H4F2O.HI/c1-34(22-18-31-45(7)32-30-43-38(5)36(3)37(4)39(6)44(43)46-45)20-17-21-35(2)23-19-33-47(40-24-11-8-12-25-40,41-26-13-9-14-27-41)42-28-15-10-16-29-42;1-21(13-9-15-27(19-31)20-32)11-8-12-22(2)14-10-17-30(7)18-16-28-25(5)23(3)24(4)26(6)29(28)33-30;4-1-3(6)2-5;/h8-16,21-22,24-29H,17-20,23,30-33H2,1-7H3;11,14-15H,8-10,12-13,16-20H2,1-7H3;1-2H2;1H/q+1;;;/p-1/b34-22+,35-21+;21-11+,22-14+;;/t45-;30-;;/m11../s1. The number of halogens is 5. The summed E-state index contributed by atoms with van der Waals surface area (Å²) in [6.07, 6.45) is 29.2. The van der Waals surface area contributed by atoms with Crippen LogP contribution in [0.25, 0.3) is 0 Å². The number of ether oxygens (including phenoxy) is 2. The molecule has 474 valence electrons. The average Bonchev–Trinajstić information content (AvgIpc) is 0.854. The van der Waals surface area contributed by atoms with Crippen LogP contribution in [0.4, 0.5) is 17.6 Å². The first-order valence-corrected chi connectivity index (χ1v) is 33.7. The second-order valence-electron chi connectivity index (χ2n) is 25.2. The van der Waals surface area contributed by atoms with Crippen LogP contribution < -0.4 is 49.4 Å². The van der Waals surface area contributed by atoms with Gasteiger partial charge in [0.25, 0.3) is 0 Å². The minimum atomic E-state index is -1.76. The molecule has 0 unspecified atom stereocenters. The minimum absolute atomic E-state index is 0. The van der Waals surface area contributed by atoms with Gasteiger partial charge in [-0.3, -0.25) is 4.79 Å². The predicted molar refractivity (Wildman–Crippen MR) is 363 cm³/mol. The number of fused-ring (bicyclic) bond motifs is 2. The number of allylic oxidation sites excluding steroid dienone is 10. The number of alkyl halides is 4. The van der Waals surface area contributed by atoms with Crippen LogP contribution in [0, 0.1) is 55.4 Å². The van der Waals surface area contributed by atoms with E-state index in [1.165, 1.54) is 106 Å². The largest absolute Gasteiger partial charge is 1.00 e. The first kappa shape index (κ1) is 74.4. The van der Waals surface area contributed by atoms with E-state index in [1.807, 2.05) is 0 Å². The number of rotatable bonds is 26. The third-order valence-corrected chi connectivity index (χ3v) is 23.2. The van der Waals surface area contributed by atoms with Crippen molar-refractivity contribution in [2.24, 2.45) is 0 Å². The van der Waals surface area contributed by atoms with E-state index in [9.17, 15) is 22.4 Å². The van der Waals surface area contributed by atoms with Crippen LogP contribution in [0.1, 0.15) is 187 Å². The second kappa shape index (κ2) is 36.6. The third-order valence-electron chi connectivity index (χ3n) is 18.7. The van der Waals surface area contributed by atoms with Gasteiger partial charge in [-0.15, -0.1) is 0 Å². The summed E-state index contributed by atoms with van der Waals surface area (Å²) >= 11 is 0. The molecule has 0 bridgehead atoms. The number of hydrogen-bond acceptors (Lipinski definition) is 3. The molecule has 2 heterocycles. The summed E-state index contributed by atoms with van der Waals surface area (Å²) in [5.41, 5.74) is 19.6. The normalized spacial score (nSPS) is 16.8.